The molecular formula is C23H29N11O7S3. The summed E-state index contributed by atoms with van der Waals surface area (Å²) in [7, 11) is 0. The van der Waals surface area contributed by atoms with Gasteiger partial charge in [0.25, 0.3) is 11.8 Å². The second-order valence-electron chi connectivity index (χ2n) is 10.0. The predicted molar refractivity (Wildman–Crippen MR) is 159 cm³/mol. The van der Waals surface area contributed by atoms with E-state index < -0.39 is 40.9 Å². The summed E-state index contributed by atoms with van der Waals surface area (Å²) < 4.78 is 10.6. The van der Waals surface area contributed by atoms with Crippen LogP contribution < -0.4 is 16.4 Å². The summed E-state index contributed by atoms with van der Waals surface area (Å²) in [6, 6.07) is -1.03. The Bertz CT molecular complexity index is 1500. The molecule has 44 heavy (non-hydrogen) atoms. The van der Waals surface area contributed by atoms with Crippen molar-refractivity contribution >= 4 is 69.8 Å². The maximum atomic E-state index is 13.1. The van der Waals surface area contributed by atoms with E-state index in [0.29, 0.717) is 10.7 Å². The van der Waals surface area contributed by atoms with Crippen LogP contribution in [0.5, 0.6) is 0 Å². The molecule has 18 nitrogen and oxygen atoms in total. The van der Waals surface area contributed by atoms with E-state index in [0.717, 1.165) is 16.4 Å². The monoisotopic (exact) mass is 667 g/mol. The number of oxime groups is 1. The van der Waals surface area contributed by atoms with Gasteiger partial charge in [0.1, 0.15) is 29.3 Å². The lowest BCUT2D eigenvalue weighted by atomic mass is 10.0. The fourth-order valence-corrected chi connectivity index (χ4v) is 6.67. The standard InChI is InChI=1S/C23H29N11O7S3/c1-5-8-40-29-12(15-27-20(24)44-30-15)16(35)26-13-17(36)34-14(19(37)38)11(9-42-18(13)34)10-43-21-28-31-32-33(21)7-6-25-22(39)41-23(2,3)4/h5,13,18H,1,6-10H2,2-4H3,(H,25,39)(H,26,35)(H,37,38)(H2,24,27,30)/t13?,18-/m0/s1. The first kappa shape index (κ1) is 32.7. The number of fused-ring (bicyclic) bond motifs is 1. The Morgan fingerprint density at radius 2 is 2.11 bits per heavy atom. The van der Waals surface area contributed by atoms with E-state index in [1.165, 1.54) is 34.3 Å². The van der Waals surface area contributed by atoms with Gasteiger partial charge < -0.3 is 31.0 Å². The normalized spacial score (nSPS) is 18.3. The molecular weight excluding hydrogens is 639 g/mol. The number of nitrogens with one attached hydrogen (secondary N) is 2. The maximum absolute atomic E-state index is 13.1. The number of β-lactam (4-membered cyclic amide) rings is 1. The van der Waals surface area contributed by atoms with Crippen molar-refractivity contribution in [1.29, 1.82) is 0 Å². The molecule has 4 rings (SSSR count). The number of nitrogen functional groups attached to an aromatic ring is 1. The van der Waals surface area contributed by atoms with Gasteiger partial charge >= 0.3 is 12.1 Å². The van der Waals surface area contributed by atoms with Crippen LogP contribution >= 0.6 is 35.1 Å². The number of carbonyl (C=O) groups is 4. The van der Waals surface area contributed by atoms with Crippen LogP contribution in [0.3, 0.4) is 0 Å². The number of aliphatic carboxylic acids is 1. The lowest BCUT2D eigenvalue weighted by Crippen LogP contribution is -2.71. The fraction of sp³-hybridized carbons (Fsp3) is 0.478. The largest absolute Gasteiger partial charge is 0.477 e. The third kappa shape index (κ3) is 7.82. The molecule has 4 heterocycles. The highest BCUT2D eigenvalue weighted by atomic mass is 32.2. The molecule has 0 bridgehead atoms. The van der Waals surface area contributed by atoms with Crippen LogP contribution in [-0.2, 0) is 30.5 Å². The van der Waals surface area contributed by atoms with Gasteiger partial charge in [-0.25, -0.2) is 14.3 Å². The maximum Gasteiger partial charge on any atom is 0.407 e. The summed E-state index contributed by atoms with van der Waals surface area (Å²) in [4.78, 5) is 60.5. The van der Waals surface area contributed by atoms with Gasteiger partial charge in [0.05, 0.1) is 6.54 Å². The van der Waals surface area contributed by atoms with Crippen molar-refractivity contribution in [1.82, 2.24) is 45.1 Å². The fourth-order valence-electron chi connectivity index (χ4n) is 3.84. The van der Waals surface area contributed by atoms with Gasteiger partial charge in [0.15, 0.2) is 5.13 Å². The van der Waals surface area contributed by atoms with Crippen molar-refractivity contribution in [2.24, 2.45) is 5.16 Å². The Balaban J connectivity index is 1.40. The molecule has 236 valence electrons. The first-order valence-corrected chi connectivity index (χ1v) is 15.7. The summed E-state index contributed by atoms with van der Waals surface area (Å²) in [6.45, 7) is 9.22. The average Bonchev–Trinajstić information content (AvgIpc) is 3.59. The van der Waals surface area contributed by atoms with Gasteiger partial charge in [-0.3, -0.25) is 14.5 Å². The van der Waals surface area contributed by atoms with Crippen molar-refractivity contribution in [3.05, 3.63) is 29.7 Å². The van der Waals surface area contributed by atoms with E-state index in [1.807, 2.05) is 0 Å². The van der Waals surface area contributed by atoms with Crippen molar-refractivity contribution < 1.29 is 33.9 Å². The number of nitrogens with two attached hydrogens (primary N) is 1. The highest BCUT2D eigenvalue weighted by Crippen LogP contribution is 2.41. The number of rotatable bonds is 13. The highest BCUT2D eigenvalue weighted by Gasteiger charge is 2.54. The summed E-state index contributed by atoms with van der Waals surface area (Å²) in [6.07, 6.45) is 0.848. The van der Waals surface area contributed by atoms with Crippen molar-refractivity contribution in [2.45, 2.75) is 49.5 Å². The van der Waals surface area contributed by atoms with E-state index in [1.54, 1.807) is 20.8 Å². The SMILES string of the molecule is C=CCON=C(C(=O)NC1C(=O)N2C(C(=O)O)=C(CSc3nnnn3CCNC(=O)OC(C)(C)C)CS[C@@H]12)c1nsc(N)n1. The molecule has 0 saturated carbocycles. The van der Waals surface area contributed by atoms with Crippen molar-refractivity contribution in [3.8, 4) is 0 Å². The number of hydrogen-bond donors (Lipinski definition) is 4. The number of thioether (sulfide) groups is 2. The lowest BCUT2D eigenvalue weighted by molar-refractivity contribution is -0.150. The minimum atomic E-state index is -1.28. The number of aromatic nitrogens is 6. The summed E-state index contributed by atoms with van der Waals surface area (Å²) in [5, 5.41) is 30.4. The molecule has 1 unspecified atom stereocenters. The van der Waals surface area contributed by atoms with Crippen molar-refractivity contribution in [3.63, 3.8) is 0 Å². The molecule has 0 aromatic carbocycles. The van der Waals surface area contributed by atoms with Gasteiger partial charge in [0, 0.05) is 29.6 Å². The Labute approximate surface area is 263 Å². The van der Waals surface area contributed by atoms with E-state index in [-0.39, 0.29) is 53.6 Å². The van der Waals surface area contributed by atoms with Gasteiger partial charge in [-0.15, -0.1) is 16.9 Å². The first-order valence-electron chi connectivity index (χ1n) is 12.9. The Hall–Kier alpha value is -4.24. The smallest absolute Gasteiger partial charge is 0.407 e. The molecule has 1 fully saturated rings. The van der Waals surface area contributed by atoms with E-state index in [2.05, 4.69) is 47.3 Å². The summed E-state index contributed by atoms with van der Waals surface area (Å²) in [5.41, 5.74) is 5.01. The topological polar surface area (TPSA) is 242 Å². The zero-order chi connectivity index (χ0) is 32.0. The molecule has 0 aliphatic carbocycles. The molecule has 0 spiro atoms. The number of hydrogen-bond acceptors (Lipinski definition) is 16. The van der Waals surface area contributed by atoms with Crippen LogP contribution in [-0.4, -0.2) is 111 Å². The van der Waals surface area contributed by atoms with Crippen LogP contribution in [0.4, 0.5) is 9.93 Å². The second kappa shape index (κ2) is 14.0. The zero-order valence-electron chi connectivity index (χ0n) is 23.8. The summed E-state index contributed by atoms with van der Waals surface area (Å²) >= 11 is 3.33. The average molecular weight is 668 g/mol. The van der Waals surface area contributed by atoms with Crippen LogP contribution in [0.2, 0.25) is 0 Å². The second-order valence-corrected chi connectivity index (χ2v) is 12.8. The zero-order valence-corrected chi connectivity index (χ0v) is 26.2. The summed E-state index contributed by atoms with van der Waals surface area (Å²) in [5.74, 6) is -2.32. The van der Waals surface area contributed by atoms with Gasteiger partial charge in [-0.2, -0.15) is 9.36 Å². The predicted octanol–water partition coefficient (Wildman–Crippen LogP) is 0.0691. The molecule has 2 atom stereocenters. The van der Waals surface area contributed by atoms with Crippen LogP contribution in [0.1, 0.15) is 26.6 Å². The van der Waals surface area contributed by atoms with Gasteiger partial charge in [-0.05, 0) is 36.8 Å². The highest BCUT2D eigenvalue weighted by molar-refractivity contribution is 8.01. The Morgan fingerprint density at radius 1 is 1.34 bits per heavy atom. The van der Waals surface area contributed by atoms with Gasteiger partial charge in [0.2, 0.25) is 16.7 Å². The third-order valence-electron chi connectivity index (χ3n) is 5.62. The van der Waals surface area contributed by atoms with Gasteiger partial charge in [-0.1, -0.05) is 29.6 Å². The molecule has 3 amide bonds. The van der Waals surface area contributed by atoms with E-state index in [9.17, 15) is 24.3 Å². The number of carboxylic acid groups (broad SMARTS) is 1. The molecule has 2 aliphatic rings. The minimum absolute atomic E-state index is 0.00785. The molecule has 2 aromatic rings. The van der Waals surface area contributed by atoms with Crippen LogP contribution in [0.25, 0.3) is 0 Å². The minimum Gasteiger partial charge on any atom is -0.477 e. The quantitative estimate of drug-likeness (QED) is 0.0552. The number of carbonyl (C=O) groups excluding carboxylic acids is 3. The van der Waals surface area contributed by atoms with Crippen LogP contribution in [0.15, 0.2) is 34.2 Å². The van der Waals surface area contributed by atoms with Crippen LogP contribution in [0, 0.1) is 0 Å². The van der Waals surface area contributed by atoms with E-state index >= 15 is 0 Å². The number of nitrogens with zero attached hydrogens (tertiary/aromatic N) is 8. The molecule has 0 radical (unpaired) electrons. The molecule has 2 aromatic heterocycles. The molecule has 1 saturated heterocycles. The number of tetrazole rings is 1. The number of amides is 3. The first-order chi connectivity index (χ1) is 20.9. The van der Waals surface area contributed by atoms with E-state index in [4.69, 9.17) is 15.3 Å². The number of ether oxygens (including phenoxy) is 1. The molecule has 2 aliphatic heterocycles. The Morgan fingerprint density at radius 3 is 2.77 bits per heavy atom. The molecule has 21 heteroatoms. The number of carboxylic acids is 1. The molecule has 5 N–H and O–H groups in total. The lowest BCUT2D eigenvalue weighted by Gasteiger charge is -2.49. The number of anilines is 1. The van der Waals surface area contributed by atoms with Crippen molar-refractivity contribution in [2.75, 3.05) is 30.4 Å². The Kier molecular flexibility index (Phi) is 10.4. The third-order valence-corrected chi connectivity index (χ3v) is 8.55. The number of alkyl carbamates (subject to hydrolysis) is 1.